The van der Waals surface area contributed by atoms with Crippen LogP contribution in [0.15, 0.2) is 30.3 Å². The van der Waals surface area contributed by atoms with Crippen LogP contribution >= 0.6 is 0 Å². The van der Waals surface area contributed by atoms with Crippen molar-refractivity contribution in [2.24, 2.45) is 0 Å². The molecular weight excluding hydrogens is 292 g/mol. The van der Waals surface area contributed by atoms with E-state index in [0.717, 1.165) is 24.3 Å². The van der Waals surface area contributed by atoms with Gasteiger partial charge in [0.2, 0.25) is 0 Å². The molecule has 0 saturated heterocycles. The molecule has 0 aliphatic heterocycles. The topological polar surface area (TPSA) is 76.1 Å². The Kier molecular flexibility index (Phi) is 4.41. The van der Waals surface area contributed by atoms with Crippen molar-refractivity contribution in [3.8, 4) is 5.75 Å². The van der Waals surface area contributed by atoms with E-state index in [9.17, 15) is 4.79 Å². The fraction of sp³-hybridized carbons (Fsp3) is 0.353. The quantitative estimate of drug-likeness (QED) is 0.858. The zero-order valence-corrected chi connectivity index (χ0v) is 13.3. The molecule has 0 radical (unpaired) electrons. The van der Waals surface area contributed by atoms with Crippen LogP contribution in [0.1, 0.15) is 36.1 Å². The molecule has 6 nitrogen and oxygen atoms in total. The number of anilines is 2. The normalized spacial score (nSPS) is 13.5. The number of nitrogens with one attached hydrogen (secondary N) is 2. The van der Waals surface area contributed by atoms with Crippen molar-refractivity contribution in [2.75, 3.05) is 11.9 Å². The lowest BCUT2D eigenvalue weighted by Crippen LogP contribution is -2.26. The molecule has 23 heavy (non-hydrogen) atoms. The van der Waals surface area contributed by atoms with Crippen molar-refractivity contribution in [3.63, 3.8) is 0 Å². The fourth-order valence-corrected chi connectivity index (χ4v) is 2.22. The Hall–Kier alpha value is -2.63. The van der Waals surface area contributed by atoms with Gasteiger partial charge in [0.15, 0.2) is 0 Å². The molecule has 1 aromatic heterocycles. The van der Waals surface area contributed by atoms with Crippen molar-refractivity contribution >= 4 is 17.4 Å². The van der Waals surface area contributed by atoms with Crippen molar-refractivity contribution in [3.05, 3.63) is 41.9 Å². The number of aromatic nitrogens is 2. The van der Waals surface area contributed by atoms with Gasteiger partial charge in [-0.25, -0.2) is 9.97 Å². The van der Waals surface area contributed by atoms with E-state index in [4.69, 9.17) is 4.74 Å². The van der Waals surface area contributed by atoms with Crippen LogP contribution in [0, 0.1) is 6.92 Å². The number of carbonyl (C=O) groups excluding carboxylic acids is 1. The third-order valence-electron chi connectivity index (χ3n) is 3.43. The average molecular weight is 312 g/mol. The predicted molar refractivity (Wildman–Crippen MR) is 88.2 cm³/mol. The van der Waals surface area contributed by atoms with Gasteiger partial charge in [-0.2, -0.15) is 0 Å². The van der Waals surface area contributed by atoms with Crippen molar-refractivity contribution in [1.29, 1.82) is 0 Å². The van der Waals surface area contributed by atoms with E-state index in [2.05, 4.69) is 20.6 Å². The minimum absolute atomic E-state index is 0.154. The molecule has 0 bridgehead atoms. The minimum Gasteiger partial charge on any atom is -0.492 e. The monoisotopic (exact) mass is 312 g/mol. The Bertz CT molecular complexity index is 713. The first-order valence-electron chi connectivity index (χ1n) is 7.81. The molecular formula is C17H20N4O2. The zero-order chi connectivity index (χ0) is 16.2. The summed E-state index contributed by atoms with van der Waals surface area (Å²) in [5.74, 6) is 1.71. The molecule has 1 saturated carbocycles. The second-order valence-electron chi connectivity index (χ2n) is 5.49. The number of ether oxygens (including phenoxy) is 1. The molecule has 2 N–H and O–H groups in total. The molecule has 0 unspecified atom stereocenters. The molecule has 1 aromatic carbocycles. The molecule has 1 fully saturated rings. The van der Waals surface area contributed by atoms with Crippen LogP contribution in [-0.2, 0) is 0 Å². The second kappa shape index (κ2) is 6.64. The SMILES string of the molecule is CCOc1ccccc1Nc1cc(C(=O)NC2CC2)nc(C)n1. The summed E-state index contributed by atoms with van der Waals surface area (Å²) in [6, 6.07) is 9.59. The number of rotatable bonds is 6. The summed E-state index contributed by atoms with van der Waals surface area (Å²) in [6.45, 7) is 4.29. The molecule has 3 rings (SSSR count). The van der Waals surface area contributed by atoms with Gasteiger partial charge in [-0.05, 0) is 38.8 Å². The number of hydrogen-bond donors (Lipinski definition) is 2. The van der Waals surface area contributed by atoms with Gasteiger partial charge in [-0.1, -0.05) is 12.1 Å². The minimum atomic E-state index is -0.154. The number of carbonyl (C=O) groups is 1. The average Bonchev–Trinajstić information content (AvgIpc) is 3.33. The summed E-state index contributed by atoms with van der Waals surface area (Å²) in [5.41, 5.74) is 1.18. The zero-order valence-electron chi connectivity index (χ0n) is 13.3. The number of aryl methyl sites for hydroxylation is 1. The van der Waals surface area contributed by atoms with Crippen molar-refractivity contribution in [1.82, 2.24) is 15.3 Å². The smallest absolute Gasteiger partial charge is 0.270 e. The first-order valence-corrected chi connectivity index (χ1v) is 7.81. The van der Waals surface area contributed by atoms with Crippen LogP contribution in [0.3, 0.4) is 0 Å². The highest BCUT2D eigenvalue weighted by Gasteiger charge is 2.24. The maximum Gasteiger partial charge on any atom is 0.270 e. The number of benzene rings is 1. The van der Waals surface area contributed by atoms with Crippen LogP contribution in [0.2, 0.25) is 0 Å². The highest BCUT2D eigenvalue weighted by molar-refractivity contribution is 5.93. The molecule has 0 atom stereocenters. The number of amides is 1. The molecule has 2 aromatic rings. The Morgan fingerprint density at radius 2 is 2.09 bits per heavy atom. The van der Waals surface area contributed by atoms with Gasteiger partial charge in [-0.3, -0.25) is 4.79 Å². The van der Waals surface area contributed by atoms with E-state index in [1.165, 1.54) is 0 Å². The number of nitrogens with zero attached hydrogens (tertiary/aromatic N) is 2. The Balaban J connectivity index is 1.82. The predicted octanol–water partition coefficient (Wildman–Crippen LogP) is 2.82. The first kappa shape index (κ1) is 15.3. The maximum absolute atomic E-state index is 12.2. The number of hydrogen-bond acceptors (Lipinski definition) is 5. The second-order valence-corrected chi connectivity index (χ2v) is 5.49. The van der Waals surface area contributed by atoms with Gasteiger partial charge in [0.05, 0.1) is 12.3 Å². The van der Waals surface area contributed by atoms with E-state index in [1.807, 2.05) is 31.2 Å². The first-order chi connectivity index (χ1) is 11.2. The molecule has 6 heteroatoms. The summed E-state index contributed by atoms with van der Waals surface area (Å²) in [7, 11) is 0. The van der Waals surface area contributed by atoms with Crippen LogP contribution < -0.4 is 15.4 Å². The van der Waals surface area contributed by atoms with Gasteiger partial charge in [-0.15, -0.1) is 0 Å². The summed E-state index contributed by atoms with van der Waals surface area (Å²) < 4.78 is 5.59. The van der Waals surface area contributed by atoms with Gasteiger partial charge >= 0.3 is 0 Å². The van der Waals surface area contributed by atoms with E-state index in [0.29, 0.717) is 30.0 Å². The fourth-order valence-electron chi connectivity index (χ4n) is 2.22. The molecule has 1 heterocycles. The Labute approximate surface area is 135 Å². The van der Waals surface area contributed by atoms with Gasteiger partial charge < -0.3 is 15.4 Å². The Morgan fingerprint density at radius 3 is 2.83 bits per heavy atom. The van der Waals surface area contributed by atoms with Crippen LogP contribution in [0.25, 0.3) is 0 Å². The van der Waals surface area contributed by atoms with Crippen molar-refractivity contribution in [2.45, 2.75) is 32.7 Å². The molecule has 0 spiro atoms. The molecule has 1 aliphatic carbocycles. The largest absolute Gasteiger partial charge is 0.492 e. The molecule has 120 valence electrons. The van der Waals surface area contributed by atoms with Gasteiger partial charge in [0.1, 0.15) is 23.1 Å². The summed E-state index contributed by atoms with van der Waals surface area (Å²) in [5, 5.41) is 6.14. The maximum atomic E-state index is 12.2. The lowest BCUT2D eigenvalue weighted by atomic mass is 10.3. The van der Waals surface area contributed by atoms with E-state index in [-0.39, 0.29) is 5.91 Å². The van der Waals surface area contributed by atoms with Crippen molar-refractivity contribution < 1.29 is 9.53 Å². The van der Waals surface area contributed by atoms with Crippen LogP contribution in [-0.4, -0.2) is 28.5 Å². The van der Waals surface area contributed by atoms with Gasteiger partial charge in [0, 0.05) is 12.1 Å². The highest BCUT2D eigenvalue weighted by Crippen LogP contribution is 2.27. The third kappa shape index (κ3) is 3.97. The van der Waals surface area contributed by atoms with Crippen LogP contribution in [0.5, 0.6) is 5.75 Å². The van der Waals surface area contributed by atoms with E-state index in [1.54, 1.807) is 13.0 Å². The van der Waals surface area contributed by atoms with Gasteiger partial charge in [0.25, 0.3) is 5.91 Å². The molecule has 1 aliphatic rings. The van der Waals surface area contributed by atoms with E-state index >= 15 is 0 Å². The standard InChI is InChI=1S/C17H20N4O2/c1-3-23-15-7-5-4-6-13(15)21-16-10-14(18-11(2)19-16)17(22)20-12-8-9-12/h4-7,10,12H,3,8-9H2,1-2H3,(H,20,22)(H,18,19,21). The summed E-state index contributed by atoms with van der Waals surface area (Å²) in [6.07, 6.45) is 2.09. The van der Waals surface area contributed by atoms with E-state index < -0.39 is 0 Å². The summed E-state index contributed by atoms with van der Waals surface area (Å²) >= 11 is 0. The highest BCUT2D eigenvalue weighted by atomic mass is 16.5. The third-order valence-corrected chi connectivity index (χ3v) is 3.43. The lowest BCUT2D eigenvalue weighted by molar-refractivity contribution is 0.0945. The molecule has 1 amide bonds. The Morgan fingerprint density at radius 1 is 1.30 bits per heavy atom. The summed E-state index contributed by atoms with van der Waals surface area (Å²) in [4.78, 5) is 20.7. The van der Waals surface area contributed by atoms with Crippen LogP contribution in [0.4, 0.5) is 11.5 Å². The lowest BCUT2D eigenvalue weighted by Gasteiger charge is -2.12. The number of para-hydroxylation sites is 2.